The number of hydrogen-bond acceptors (Lipinski definition) is 3. The molecular formula is C20H33F3N2O2. The molecule has 1 aliphatic heterocycles. The van der Waals surface area contributed by atoms with E-state index in [2.05, 4.69) is 10.2 Å². The predicted octanol–water partition coefficient (Wildman–Crippen LogP) is 4.20. The van der Waals surface area contributed by atoms with Crippen LogP contribution < -0.4 is 5.32 Å². The summed E-state index contributed by atoms with van der Waals surface area (Å²) in [4.78, 5) is 13.3. The number of aliphatic carboxylic acids is 1. The third kappa shape index (κ3) is 5.59. The van der Waals surface area contributed by atoms with Crippen molar-refractivity contribution in [2.75, 3.05) is 13.1 Å². The molecule has 2 saturated carbocycles. The Kier molecular flexibility index (Phi) is 7.06. The van der Waals surface area contributed by atoms with Gasteiger partial charge in [0.2, 0.25) is 0 Å². The number of fused-ring (bicyclic) bond motifs is 1. The van der Waals surface area contributed by atoms with Gasteiger partial charge in [-0.05, 0) is 57.3 Å². The zero-order valence-electron chi connectivity index (χ0n) is 16.0. The van der Waals surface area contributed by atoms with E-state index in [1.165, 1.54) is 19.3 Å². The highest BCUT2D eigenvalue weighted by Gasteiger charge is 2.44. The maximum Gasteiger partial charge on any atom is 0.391 e. The van der Waals surface area contributed by atoms with Crippen molar-refractivity contribution in [2.45, 2.75) is 94.9 Å². The molecule has 0 bridgehead atoms. The lowest BCUT2D eigenvalue weighted by molar-refractivity contribution is -0.185. The number of hydrogen-bond donors (Lipinski definition) is 2. The van der Waals surface area contributed by atoms with Gasteiger partial charge in [-0.1, -0.05) is 12.8 Å². The molecule has 1 heterocycles. The van der Waals surface area contributed by atoms with E-state index in [1.54, 1.807) is 0 Å². The molecule has 3 aliphatic rings. The minimum atomic E-state index is -4.06. The zero-order valence-corrected chi connectivity index (χ0v) is 16.0. The minimum absolute atomic E-state index is 0.111. The normalized spacial score (nSPS) is 36.0. The van der Waals surface area contributed by atoms with Gasteiger partial charge in [0.05, 0.1) is 12.3 Å². The molecule has 3 unspecified atom stereocenters. The summed E-state index contributed by atoms with van der Waals surface area (Å²) in [6.07, 6.45) is 4.85. The summed E-state index contributed by atoms with van der Waals surface area (Å²) in [6.45, 7) is 1.31. The van der Waals surface area contributed by atoms with Crippen LogP contribution in [0.4, 0.5) is 13.2 Å². The molecule has 0 spiro atoms. The molecule has 0 radical (unpaired) electrons. The zero-order chi connectivity index (χ0) is 19.4. The average Bonchev–Trinajstić information content (AvgIpc) is 2.81. The lowest BCUT2D eigenvalue weighted by atomic mass is 9.79. The Morgan fingerprint density at radius 3 is 2.37 bits per heavy atom. The lowest BCUT2D eigenvalue weighted by Gasteiger charge is -2.45. The van der Waals surface area contributed by atoms with Gasteiger partial charge < -0.3 is 10.4 Å². The Bertz CT molecular complexity index is 492. The van der Waals surface area contributed by atoms with E-state index in [9.17, 15) is 18.0 Å². The third-order valence-corrected chi connectivity index (χ3v) is 7.01. The van der Waals surface area contributed by atoms with Crippen molar-refractivity contribution in [3.8, 4) is 0 Å². The molecule has 156 valence electrons. The molecule has 2 aliphatic carbocycles. The summed E-state index contributed by atoms with van der Waals surface area (Å²) < 4.78 is 39.1. The molecule has 0 amide bonds. The molecule has 0 aromatic heterocycles. The fourth-order valence-corrected chi connectivity index (χ4v) is 5.56. The second kappa shape index (κ2) is 9.12. The predicted molar refractivity (Wildman–Crippen MR) is 97.5 cm³/mol. The Morgan fingerprint density at radius 2 is 1.70 bits per heavy atom. The number of carboxylic acid groups (broad SMARTS) is 1. The van der Waals surface area contributed by atoms with Crippen LogP contribution in [0.2, 0.25) is 0 Å². The van der Waals surface area contributed by atoms with Crippen molar-refractivity contribution in [2.24, 2.45) is 11.8 Å². The first-order valence-electron chi connectivity index (χ1n) is 10.6. The largest absolute Gasteiger partial charge is 0.481 e. The van der Waals surface area contributed by atoms with Crippen LogP contribution in [-0.2, 0) is 4.79 Å². The van der Waals surface area contributed by atoms with Crippen molar-refractivity contribution >= 4 is 5.97 Å². The summed E-state index contributed by atoms with van der Waals surface area (Å²) in [5, 5.41) is 12.3. The average molecular weight is 390 g/mol. The molecule has 3 atom stereocenters. The number of carbonyl (C=O) groups is 1. The van der Waals surface area contributed by atoms with E-state index >= 15 is 0 Å². The molecule has 2 N–H and O–H groups in total. The monoisotopic (exact) mass is 390 g/mol. The van der Waals surface area contributed by atoms with Gasteiger partial charge >= 0.3 is 12.1 Å². The summed E-state index contributed by atoms with van der Waals surface area (Å²) in [5.74, 6) is -1.29. The topological polar surface area (TPSA) is 52.6 Å². The minimum Gasteiger partial charge on any atom is -0.481 e. The highest BCUT2D eigenvalue weighted by Crippen LogP contribution is 2.42. The highest BCUT2D eigenvalue weighted by molar-refractivity contribution is 5.66. The van der Waals surface area contributed by atoms with Gasteiger partial charge in [0, 0.05) is 31.2 Å². The number of halogens is 3. The van der Waals surface area contributed by atoms with Crippen LogP contribution in [0.5, 0.6) is 0 Å². The third-order valence-electron chi connectivity index (χ3n) is 7.01. The van der Waals surface area contributed by atoms with Crippen LogP contribution in [0.25, 0.3) is 0 Å². The second-order valence-corrected chi connectivity index (χ2v) is 8.73. The maximum atomic E-state index is 13.0. The summed E-state index contributed by atoms with van der Waals surface area (Å²) in [5.41, 5.74) is 0. The molecule has 7 heteroatoms. The Balaban J connectivity index is 1.64. The van der Waals surface area contributed by atoms with Gasteiger partial charge in [-0.2, -0.15) is 13.2 Å². The quantitative estimate of drug-likeness (QED) is 0.739. The number of nitrogens with one attached hydrogen (secondary N) is 1. The van der Waals surface area contributed by atoms with Gasteiger partial charge in [0.15, 0.2) is 0 Å². The molecule has 0 aromatic rings. The van der Waals surface area contributed by atoms with E-state index in [1.807, 2.05) is 0 Å². The molecule has 27 heavy (non-hydrogen) atoms. The maximum absolute atomic E-state index is 13.0. The fourth-order valence-electron chi connectivity index (χ4n) is 5.56. The van der Waals surface area contributed by atoms with Gasteiger partial charge in [0.1, 0.15) is 0 Å². The number of nitrogens with zero attached hydrogens (tertiary/aromatic N) is 1. The fraction of sp³-hybridized carbons (Fsp3) is 0.950. The van der Waals surface area contributed by atoms with E-state index in [0.717, 1.165) is 25.8 Å². The van der Waals surface area contributed by atoms with E-state index in [-0.39, 0.29) is 31.3 Å². The van der Waals surface area contributed by atoms with Crippen LogP contribution in [0, 0.1) is 11.8 Å². The molecule has 0 aromatic carbocycles. The smallest absolute Gasteiger partial charge is 0.391 e. The summed E-state index contributed by atoms with van der Waals surface area (Å²) in [7, 11) is 0. The van der Waals surface area contributed by atoms with Gasteiger partial charge in [0.25, 0.3) is 0 Å². The lowest BCUT2D eigenvalue weighted by Crippen LogP contribution is -2.52. The molecule has 1 saturated heterocycles. The van der Waals surface area contributed by atoms with Crippen LogP contribution in [-0.4, -0.2) is 53.4 Å². The first-order valence-corrected chi connectivity index (χ1v) is 10.6. The van der Waals surface area contributed by atoms with Crippen molar-refractivity contribution in [3.63, 3.8) is 0 Å². The van der Waals surface area contributed by atoms with Crippen LogP contribution in [0.15, 0.2) is 0 Å². The number of likely N-dealkylation sites (tertiary alicyclic amines) is 1. The number of rotatable bonds is 5. The second-order valence-electron chi connectivity index (χ2n) is 8.73. The summed E-state index contributed by atoms with van der Waals surface area (Å²) in [6, 6.07) is 0.990. The van der Waals surface area contributed by atoms with Crippen molar-refractivity contribution in [1.82, 2.24) is 10.2 Å². The Labute approximate surface area is 159 Å². The summed E-state index contributed by atoms with van der Waals surface area (Å²) >= 11 is 0. The van der Waals surface area contributed by atoms with Gasteiger partial charge in [-0.25, -0.2) is 0 Å². The Hall–Kier alpha value is -0.820. The van der Waals surface area contributed by atoms with E-state index in [4.69, 9.17) is 5.11 Å². The number of carboxylic acids is 1. The first-order chi connectivity index (χ1) is 12.8. The molecule has 3 rings (SSSR count). The molecular weight excluding hydrogens is 357 g/mol. The van der Waals surface area contributed by atoms with Crippen LogP contribution in [0.3, 0.4) is 0 Å². The van der Waals surface area contributed by atoms with E-state index < -0.39 is 18.1 Å². The standard InChI is InChI=1S/C20H33F3N2O2/c21-20(22,23)15-6-9-17(10-7-15)25-13-16(24-12-11-19(26)27)8-5-14-3-1-2-4-18(14)25/h14-18,24H,1-13H2,(H,26,27). The highest BCUT2D eigenvalue weighted by atomic mass is 19.4. The first kappa shape index (κ1) is 20.9. The molecule has 3 fully saturated rings. The Morgan fingerprint density at radius 1 is 1.00 bits per heavy atom. The van der Waals surface area contributed by atoms with Crippen LogP contribution in [0.1, 0.15) is 70.6 Å². The van der Waals surface area contributed by atoms with Gasteiger partial charge in [-0.15, -0.1) is 0 Å². The van der Waals surface area contributed by atoms with Crippen molar-refractivity contribution < 1.29 is 23.1 Å². The van der Waals surface area contributed by atoms with Crippen molar-refractivity contribution in [1.29, 1.82) is 0 Å². The SMILES string of the molecule is O=C(O)CCNC1CCC2CCCCC2N(C2CCC(C(F)(F)F)CC2)C1. The molecule has 4 nitrogen and oxygen atoms in total. The number of alkyl halides is 3. The van der Waals surface area contributed by atoms with Crippen LogP contribution >= 0.6 is 0 Å². The van der Waals surface area contributed by atoms with Crippen molar-refractivity contribution in [3.05, 3.63) is 0 Å². The van der Waals surface area contributed by atoms with E-state index in [0.29, 0.717) is 31.3 Å². The van der Waals surface area contributed by atoms with Gasteiger partial charge in [-0.3, -0.25) is 9.69 Å².